The molecule has 2 aliphatic rings. The summed E-state index contributed by atoms with van der Waals surface area (Å²) < 4.78 is 16.6. The van der Waals surface area contributed by atoms with Gasteiger partial charge in [-0.25, -0.2) is 0 Å². The Morgan fingerprint density at radius 3 is 2.63 bits per heavy atom. The van der Waals surface area contributed by atoms with Crippen LogP contribution >= 0.6 is 0 Å². The van der Waals surface area contributed by atoms with Gasteiger partial charge in [0, 0.05) is 43.6 Å². The lowest BCUT2D eigenvalue weighted by Gasteiger charge is -2.36. The summed E-state index contributed by atoms with van der Waals surface area (Å²) in [7, 11) is 0. The Hall–Kier alpha value is -2.41. The standard InChI is InChI=1S/C23H31N3O4/c1-4-29-18-7-5-17(6-8-18)13-20(27)26-14-19(21-24-22(16(2)3)30-25-21)23(15-26)9-11-28-12-10-23/h5-8,16,19H,4,9-15H2,1-3H3. The molecule has 1 aromatic heterocycles. The summed E-state index contributed by atoms with van der Waals surface area (Å²) in [6.07, 6.45) is 2.21. The number of hydrogen-bond donors (Lipinski definition) is 0. The Kier molecular flexibility index (Phi) is 6.09. The van der Waals surface area contributed by atoms with Crippen LogP contribution in [-0.2, 0) is 16.0 Å². The number of amides is 1. The van der Waals surface area contributed by atoms with E-state index in [9.17, 15) is 4.79 Å². The van der Waals surface area contributed by atoms with E-state index in [-0.39, 0.29) is 23.2 Å². The smallest absolute Gasteiger partial charge is 0.229 e. The van der Waals surface area contributed by atoms with E-state index in [4.69, 9.17) is 14.0 Å². The van der Waals surface area contributed by atoms with Gasteiger partial charge in [-0.2, -0.15) is 4.98 Å². The highest BCUT2D eigenvalue weighted by atomic mass is 16.5. The summed E-state index contributed by atoms with van der Waals surface area (Å²) in [5.74, 6) is 2.63. The minimum Gasteiger partial charge on any atom is -0.494 e. The van der Waals surface area contributed by atoms with Gasteiger partial charge in [0.05, 0.1) is 13.0 Å². The first-order chi connectivity index (χ1) is 14.5. The minimum absolute atomic E-state index is 0.0368. The molecule has 7 nitrogen and oxygen atoms in total. The normalized spacial score (nSPS) is 20.8. The molecule has 2 saturated heterocycles. The van der Waals surface area contributed by atoms with Gasteiger partial charge in [-0.3, -0.25) is 4.79 Å². The highest BCUT2D eigenvalue weighted by Crippen LogP contribution is 2.49. The summed E-state index contributed by atoms with van der Waals surface area (Å²) in [6.45, 7) is 9.47. The van der Waals surface area contributed by atoms with Crippen molar-refractivity contribution < 1.29 is 18.8 Å². The Balaban J connectivity index is 1.50. The van der Waals surface area contributed by atoms with Gasteiger partial charge < -0.3 is 18.9 Å². The molecule has 1 atom stereocenters. The third-order valence-electron chi connectivity index (χ3n) is 6.34. The van der Waals surface area contributed by atoms with Crippen LogP contribution in [0.2, 0.25) is 0 Å². The fraction of sp³-hybridized carbons (Fsp3) is 0.609. The first-order valence-corrected chi connectivity index (χ1v) is 10.9. The van der Waals surface area contributed by atoms with E-state index in [1.807, 2.05) is 49.9 Å². The van der Waals surface area contributed by atoms with Crippen LogP contribution in [0.15, 0.2) is 28.8 Å². The van der Waals surface area contributed by atoms with Crippen molar-refractivity contribution >= 4 is 5.91 Å². The van der Waals surface area contributed by atoms with Gasteiger partial charge in [0.15, 0.2) is 5.82 Å². The molecule has 1 amide bonds. The van der Waals surface area contributed by atoms with Crippen LogP contribution < -0.4 is 4.74 Å². The molecule has 4 rings (SSSR count). The quantitative estimate of drug-likeness (QED) is 0.721. The van der Waals surface area contributed by atoms with E-state index in [1.54, 1.807) is 0 Å². The predicted octanol–water partition coefficient (Wildman–Crippen LogP) is 3.56. The number of aromatic nitrogens is 2. The first kappa shape index (κ1) is 20.8. The highest BCUT2D eigenvalue weighted by molar-refractivity contribution is 5.79. The molecule has 0 aliphatic carbocycles. The van der Waals surface area contributed by atoms with Crippen molar-refractivity contribution in [3.05, 3.63) is 41.5 Å². The van der Waals surface area contributed by atoms with Gasteiger partial charge >= 0.3 is 0 Å². The molecular formula is C23H31N3O4. The zero-order valence-corrected chi connectivity index (χ0v) is 18.1. The second-order valence-electron chi connectivity index (χ2n) is 8.70. The van der Waals surface area contributed by atoms with Gasteiger partial charge in [0.1, 0.15) is 5.75 Å². The van der Waals surface area contributed by atoms with Gasteiger partial charge in [0.2, 0.25) is 11.8 Å². The predicted molar refractivity (Wildman–Crippen MR) is 112 cm³/mol. The lowest BCUT2D eigenvalue weighted by Crippen LogP contribution is -2.37. The average Bonchev–Trinajstić information content (AvgIpc) is 3.36. The summed E-state index contributed by atoms with van der Waals surface area (Å²) in [5.41, 5.74) is 0.958. The number of carbonyl (C=O) groups excluding carboxylic acids is 1. The number of rotatable bonds is 6. The lowest BCUT2D eigenvalue weighted by molar-refractivity contribution is -0.130. The van der Waals surface area contributed by atoms with Crippen molar-refractivity contribution in [2.24, 2.45) is 5.41 Å². The zero-order chi connectivity index (χ0) is 21.1. The fourth-order valence-corrected chi connectivity index (χ4v) is 4.58. The average molecular weight is 414 g/mol. The maximum absolute atomic E-state index is 13.1. The van der Waals surface area contributed by atoms with E-state index in [0.717, 1.165) is 36.5 Å². The largest absolute Gasteiger partial charge is 0.494 e. The third kappa shape index (κ3) is 4.21. The number of benzene rings is 1. The van der Waals surface area contributed by atoms with Crippen LogP contribution in [0.25, 0.3) is 0 Å². The van der Waals surface area contributed by atoms with Crippen LogP contribution in [0.4, 0.5) is 0 Å². The van der Waals surface area contributed by atoms with Gasteiger partial charge in [-0.05, 0) is 37.5 Å². The zero-order valence-electron chi connectivity index (χ0n) is 18.1. The van der Waals surface area contributed by atoms with E-state index in [0.29, 0.717) is 38.7 Å². The van der Waals surface area contributed by atoms with Crippen molar-refractivity contribution in [3.63, 3.8) is 0 Å². The molecule has 2 aliphatic heterocycles. The first-order valence-electron chi connectivity index (χ1n) is 10.9. The summed E-state index contributed by atoms with van der Waals surface area (Å²) >= 11 is 0. The van der Waals surface area contributed by atoms with Gasteiger partial charge in [-0.15, -0.1) is 0 Å². The molecular weight excluding hydrogens is 382 g/mol. The molecule has 2 fully saturated rings. The topological polar surface area (TPSA) is 77.7 Å². The van der Waals surface area contributed by atoms with E-state index in [2.05, 4.69) is 10.1 Å². The van der Waals surface area contributed by atoms with Crippen LogP contribution in [0.1, 0.15) is 62.7 Å². The molecule has 1 unspecified atom stereocenters. The Bertz CT molecular complexity index is 856. The highest BCUT2D eigenvalue weighted by Gasteiger charge is 2.51. The van der Waals surface area contributed by atoms with Crippen LogP contribution in [0.3, 0.4) is 0 Å². The molecule has 1 spiro atoms. The third-order valence-corrected chi connectivity index (χ3v) is 6.34. The molecule has 3 heterocycles. The molecule has 2 aromatic rings. The Labute approximate surface area is 177 Å². The molecule has 0 N–H and O–H groups in total. The summed E-state index contributed by atoms with van der Waals surface area (Å²) in [5, 5.41) is 4.30. The Morgan fingerprint density at radius 2 is 2.00 bits per heavy atom. The monoisotopic (exact) mass is 413 g/mol. The van der Waals surface area contributed by atoms with Crippen molar-refractivity contribution in [1.82, 2.24) is 15.0 Å². The van der Waals surface area contributed by atoms with Crippen molar-refractivity contribution in [1.29, 1.82) is 0 Å². The molecule has 162 valence electrons. The summed E-state index contributed by atoms with van der Waals surface area (Å²) in [6, 6.07) is 7.78. The number of likely N-dealkylation sites (tertiary alicyclic amines) is 1. The number of ether oxygens (including phenoxy) is 2. The number of nitrogens with zero attached hydrogens (tertiary/aromatic N) is 3. The minimum atomic E-state index is -0.0368. The van der Waals surface area contributed by atoms with Crippen LogP contribution in [0, 0.1) is 5.41 Å². The SMILES string of the molecule is CCOc1ccc(CC(=O)N2CC(c3noc(C(C)C)n3)C3(CCOCC3)C2)cc1. The van der Waals surface area contributed by atoms with E-state index in [1.165, 1.54) is 0 Å². The van der Waals surface area contributed by atoms with Crippen molar-refractivity contribution in [2.45, 2.75) is 51.9 Å². The second-order valence-corrected chi connectivity index (χ2v) is 8.70. The number of carbonyl (C=O) groups is 1. The molecule has 30 heavy (non-hydrogen) atoms. The molecule has 0 saturated carbocycles. The molecule has 1 aromatic carbocycles. The van der Waals surface area contributed by atoms with Crippen LogP contribution in [-0.4, -0.2) is 53.9 Å². The molecule has 7 heteroatoms. The van der Waals surface area contributed by atoms with E-state index < -0.39 is 0 Å². The van der Waals surface area contributed by atoms with E-state index >= 15 is 0 Å². The number of hydrogen-bond acceptors (Lipinski definition) is 6. The van der Waals surface area contributed by atoms with Crippen molar-refractivity contribution in [2.75, 3.05) is 32.9 Å². The lowest BCUT2D eigenvalue weighted by atomic mass is 9.72. The maximum Gasteiger partial charge on any atom is 0.229 e. The second kappa shape index (κ2) is 8.76. The molecule has 0 radical (unpaired) electrons. The molecule has 0 bridgehead atoms. The van der Waals surface area contributed by atoms with Gasteiger partial charge in [-0.1, -0.05) is 31.1 Å². The summed E-state index contributed by atoms with van der Waals surface area (Å²) in [4.78, 5) is 19.8. The maximum atomic E-state index is 13.1. The van der Waals surface area contributed by atoms with Gasteiger partial charge in [0.25, 0.3) is 0 Å². The van der Waals surface area contributed by atoms with Crippen molar-refractivity contribution in [3.8, 4) is 5.75 Å². The Morgan fingerprint density at radius 1 is 1.27 bits per heavy atom. The fourth-order valence-electron chi connectivity index (χ4n) is 4.58. The van der Waals surface area contributed by atoms with Crippen LogP contribution in [0.5, 0.6) is 5.75 Å².